The SMILES string of the molecule is COc1ccc2nc(CCl)n(CC3COCCO3)c2c1. The highest BCUT2D eigenvalue weighted by molar-refractivity contribution is 6.16. The van der Waals surface area contributed by atoms with Crippen LogP contribution >= 0.6 is 11.6 Å². The molecule has 1 fully saturated rings. The molecule has 3 rings (SSSR count). The summed E-state index contributed by atoms with van der Waals surface area (Å²) in [6.07, 6.45) is 0.0364. The summed E-state index contributed by atoms with van der Waals surface area (Å²) in [6, 6.07) is 5.82. The summed E-state index contributed by atoms with van der Waals surface area (Å²) < 4.78 is 18.5. The molecule has 1 atom stereocenters. The van der Waals surface area contributed by atoms with E-state index < -0.39 is 0 Å². The maximum atomic E-state index is 6.01. The number of ether oxygens (including phenoxy) is 3. The minimum absolute atomic E-state index is 0.0364. The van der Waals surface area contributed by atoms with Gasteiger partial charge in [0, 0.05) is 6.07 Å². The molecule has 1 saturated heterocycles. The van der Waals surface area contributed by atoms with E-state index in [9.17, 15) is 0 Å². The van der Waals surface area contributed by atoms with Gasteiger partial charge in [0.25, 0.3) is 0 Å². The lowest BCUT2D eigenvalue weighted by atomic mass is 10.2. The Morgan fingerprint density at radius 1 is 1.45 bits per heavy atom. The van der Waals surface area contributed by atoms with Gasteiger partial charge in [-0.1, -0.05) is 0 Å². The molecule has 0 radical (unpaired) electrons. The third-order valence-corrected chi connectivity index (χ3v) is 3.66. The second kappa shape index (κ2) is 5.99. The van der Waals surface area contributed by atoms with E-state index in [0.717, 1.165) is 22.6 Å². The van der Waals surface area contributed by atoms with Gasteiger partial charge in [0.05, 0.1) is 56.5 Å². The molecule has 1 aliphatic heterocycles. The van der Waals surface area contributed by atoms with Crippen molar-refractivity contribution in [1.82, 2.24) is 9.55 Å². The number of halogens is 1. The summed E-state index contributed by atoms with van der Waals surface area (Å²) in [5, 5.41) is 0. The minimum Gasteiger partial charge on any atom is -0.497 e. The normalized spacial score (nSPS) is 19.4. The third kappa shape index (κ3) is 2.61. The monoisotopic (exact) mass is 296 g/mol. The number of hydrogen-bond donors (Lipinski definition) is 0. The standard InChI is InChI=1S/C14H17ClN2O3/c1-18-10-2-3-12-13(6-10)17(14(7-15)16-12)8-11-9-19-4-5-20-11/h2-3,6,11H,4-5,7-9H2,1H3. The van der Waals surface area contributed by atoms with E-state index in [0.29, 0.717) is 32.2 Å². The molecular formula is C14H17ClN2O3. The fraction of sp³-hybridized carbons (Fsp3) is 0.500. The van der Waals surface area contributed by atoms with Crippen LogP contribution in [0.5, 0.6) is 5.75 Å². The molecule has 0 spiro atoms. The summed E-state index contributed by atoms with van der Waals surface area (Å²) >= 11 is 6.01. The van der Waals surface area contributed by atoms with E-state index in [2.05, 4.69) is 9.55 Å². The molecule has 1 aromatic carbocycles. The number of benzene rings is 1. The Morgan fingerprint density at radius 2 is 2.35 bits per heavy atom. The maximum Gasteiger partial charge on any atom is 0.124 e. The van der Waals surface area contributed by atoms with Crippen LogP contribution in [0.1, 0.15) is 5.82 Å². The van der Waals surface area contributed by atoms with E-state index >= 15 is 0 Å². The van der Waals surface area contributed by atoms with Crippen molar-refractivity contribution in [3.63, 3.8) is 0 Å². The number of alkyl halides is 1. The van der Waals surface area contributed by atoms with Crippen molar-refractivity contribution in [1.29, 1.82) is 0 Å². The molecule has 0 saturated carbocycles. The summed E-state index contributed by atoms with van der Waals surface area (Å²) in [4.78, 5) is 4.55. The lowest BCUT2D eigenvalue weighted by molar-refractivity contribution is -0.0934. The molecule has 0 bridgehead atoms. The Balaban J connectivity index is 1.97. The van der Waals surface area contributed by atoms with Gasteiger partial charge in [-0.05, 0) is 12.1 Å². The maximum absolute atomic E-state index is 6.01. The zero-order valence-electron chi connectivity index (χ0n) is 11.3. The van der Waals surface area contributed by atoms with E-state index in [1.54, 1.807) is 7.11 Å². The summed E-state index contributed by atoms with van der Waals surface area (Å²) in [5.74, 6) is 2.01. The van der Waals surface area contributed by atoms with E-state index in [1.165, 1.54) is 0 Å². The highest BCUT2D eigenvalue weighted by Crippen LogP contribution is 2.23. The number of fused-ring (bicyclic) bond motifs is 1. The molecular weight excluding hydrogens is 280 g/mol. The van der Waals surface area contributed by atoms with Crippen LogP contribution in [0.15, 0.2) is 18.2 Å². The summed E-state index contributed by atoms with van der Waals surface area (Å²) in [5.41, 5.74) is 1.92. The first kappa shape index (κ1) is 13.7. The van der Waals surface area contributed by atoms with Crippen molar-refractivity contribution in [3.8, 4) is 5.75 Å². The van der Waals surface area contributed by atoms with Gasteiger partial charge in [-0.2, -0.15) is 0 Å². The number of imidazole rings is 1. The van der Waals surface area contributed by atoms with Gasteiger partial charge in [0.15, 0.2) is 0 Å². The first-order valence-electron chi connectivity index (χ1n) is 6.60. The number of hydrogen-bond acceptors (Lipinski definition) is 4. The number of rotatable bonds is 4. The molecule has 20 heavy (non-hydrogen) atoms. The van der Waals surface area contributed by atoms with Crippen LogP contribution in [0.3, 0.4) is 0 Å². The fourth-order valence-corrected chi connectivity index (χ4v) is 2.63. The first-order valence-corrected chi connectivity index (χ1v) is 7.13. The Bertz CT molecular complexity index is 593. The molecule has 6 heteroatoms. The average molecular weight is 297 g/mol. The van der Waals surface area contributed by atoms with Crippen LogP contribution in [0.2, 0.25) is 0 Å². The summed E-state index contributed by atoms with van der Waals surface area (Å²) in [7, 11) is 1.66. The molecule has 108 valence electrons. The molecule has 1 aromatic heterocycles. The van der Waals surface area contributed by atoms with Crippen molar-refractivity contribution in [3.05, 3.63) is 24.0 Å². The first-order chi connectivity index (χ1) is 9.81. The van der Waals surface area contributed by atoms with Gasteiger partial charge in [-0.3, -0.25) is 0 Å². The molecule has 0 aliphatic carbocycles. The van der Waals surface area contributed by atoms with Gasteiger partial charge >= 0.3 is 0 Å². The molecule has 0 N–H and O–H groups in total. The van der Waals surface area contributed by atoms with Gasteiger partial charge in [0.2, 0.25) is 0 Å². The largest absolute Gasteiger partial charge is 0.497 e. The minimum atomic E-state index is 0.0364. The predicted molar refractivity (Wildman–Crippen MR) is 76.4 cm³/mol. The fourth-order valence-electron chi connectivity index (χ4n) is 2.43. The van der Waals surface area contributed by atoms with Crippen molar-refractivity contribution in [2.24, 2.45) is 0 Å². The molecule has 1 unspecified atom stereocenters. The lowest BCUT2D eigenvalue weighted by Gasteiger charge is -2.24. The quantitative estimate of drug-likeness (QED) is 0.812. The van der Waals surface area contributed by atoms with Crippen LogP contribution in [-0.2, 0) is 21.9 Å². The second-order valence-electron chi connectivity index (χ2n) is 4.69. The Morgan fingerprint density at radius 3 is 3.05 bits per heavy atom. The van der Waals surface area contributed by atoms with E-state index in [4.69, 9.17) is 25.8 Å². The average Bonchev–Trinajstić information content (AvgIpc) is 2.85. The Hall–Kier alpha value is -1.30. The highest BCUT2D eigenvalue weighted by atomic mass is 35.5. The number of methoxy groups -OCH3 is 1. The van der Waals surface area contributed by atoms with Gasteiger partial charge < -0.3 is 18.8 Å². The Kier molecular flexibility index (Phi) is 4.10. The van der Waals surface area contributed by atoms with Crippen LogP contribution in [0, 0.1) is 0 Å². The molecule has 2 aromatic rings. The van der Waals surface area contributed by atoms with Crippen LogP contribution < -0.4 is 4.74 Å². The predicted octanol–water partition coefficient (Wildman–Crippen LogP) is 2.20. The smallest absolute Gasteiger partial charge is 0.124 e. The second-order valence-corrected chi connectivity index (χ2v) is 4.96. The number of aromatic nitrogens is 2. The topological polar surface area (TPSA) is 45.5 Å². The third-order valence-electron chi connectivity index (χ3n) is 3.43. The van der Waals surface area contributed by atoms with Crippen molar-refractivity contribution >= 4 is 22.6 Å². The van der Waals surface area contributed by atoms with Gasteiger partial charge in [-0.25, -0.2) is 4.98 Å². The van der Waals surface area contributed by atoms with Crippen molar-refractivity contribution in [2.75, 3.05) is 26.9 Å². The Labute approximate surface area is 122 Å². The lowest BCUT2D eigenvalue weighted by Crippen LogP contribution is -2.32. The molecule has 0 amide bonds. The van der Waals surface area contributed by atoms with Crippen molar-refractivity contribution in [2.45, 2.75) is 18.5 Å². The van der Waals surface area contributed by atoms with E-state index in [-0.39, 0.29) is 6.10 Å². The summed E-state index contributed by atoms with van der Waals surface area (Å²) in [6.45, 7) is 2.59. The molecule has 2 heterocycles. The van der Waals surface area contributed by atoms with Crippen LogP contribution in [0.4, 0.5) is 0 Å². The van der Waals surface area contributed by atoms with Crippen molar-refractivity contribution < 1.29 is 14.2 Å². The molecule has 5 nitrogen and oxygen atoms in total. The highest BCUT2D eigenvalue weighted by Gasteiger charge is 2.19. The van der Waals surface area contributed by atoms with Gasteiger partial charge in [0.1, 0.15) is 11.6 Å². The zero-order valence-corrected chi connectivity index (χ0v) is 12.1. The number of nitrogens with zero attached hydrogens (tertiary/aromatic N) is 2. The van der Waals surface area contributed by atoms with Crippen LogP contribution in [-0.4, -0.2) is 42.6 Å². The molecule has 1 aliphatic rings. The van der Waals surface area contributed by atoms with E-state index in [1.807, 2.05) is 18.2 Å². The zero-order chi connectivity index (χ0) is 13.9. The van der Waals surface area contributed by atoms with Gasteiger partial charge in [-0.15, -0.1) is 11.6 Å². The van der Waals surface area contributed by atoms with Crippen LogP contribution in [0.25, 0.3) is 11.0 Å².